The topological polar surface area (TPSA) is 76.7 Å². The number of nitrogens with zero attached hydrogens (tertiary/aromatic N) is 3. The van der Waals surface area contributed by atoms with E-state index in [1.54, 1.807) is 7.11 Å². The molecule has 238 valence electrons. The number of aromatic nitrogens is 3. The third-order valence-corrected chi connectivity index (χ3v) is 13.8. The van der Waals surface area contributed by atoms with Crippen molar-refractivity contribution in [2.24, 2.45) is 14.1 Å². The lowest BCUT2D eigenvalue weighted by Gasteiger charge is -2.36. The van der Waals surface area contributed by atoms with Gasteiger partial charge in [0, 0.05) is 42.9 Å². The second-order valence-corrected chi connectivity index (χ2v) is 18.0. The van der Waals surface area contributed by atoms with Gasteiger partial charge in [0.15, 0.2) is 8.32 Å². The zero-order valence-corrected chi connectivity index (χ0v) is 29.5. The number of ether oxygens (including phenoxy) is 3. The van der Waals surface area contributed by atoms with Gasteiger partial charge in [0.25, 0.3) is 0 Å². The molecule has 0 saturated carbocycles. The molecule has 4 rings (SSSR count). The van der Waals surface area contributed by atoms with Crippen LogP contribution in [0.1, 0.15) is 60.2 Å². The lowest BCUT2D eigenvalue weighted by atomic mass is 9.98. The smallest absolute Gasteiger partial charge is 0.354 e. The molecule has 0 bridgehead atoms. The molecule has 2 aromatic heterocycles. The Morgan fingerprint density at radius 3 is 2.30 bits per heavy atom. The first-order valence-corrected chi connectivity index (χ1v) is 18.3. The number of carbonyl (C=O) groups is 1. The molecule has 4 aromatic rings. The average molecular weight is 640 g/mol. The molecule has 0 atom stereocenters. The number of esters is 1. The molecule has 0 radical (unpaired) electrons. The van der Waals surface area contributed by atoms with Crippen molar-refractivity contribution in [1.29, 1.82) is 0 Å². The fourth-order valence-electron chi connectivity index (χ4n) is 5.33. The fraction of sp³-hybridized carbons (Fsp3) is 0.471. The number of hydrogen-bond donors (Lipinski definition) is 0. The molecule has 8 nitrogen and oxygen atoms in total. The molecular formula is C34H46ClN3O5Si. The van der Waals surface area contributed by atoms with Crippen molar-refractivity contribution >= 4 is 36.8 Å². The number of fused-ring (bicyclic) bond motifs is 1. The van der Waals surface area contributed by atoms with E-state index in [-0.39, 0.29) is 11.0 Å². The van der Waals surface area contributed by atoms with E-state index in [9.17, 15) is 4.79 Å². The summed E-state index contributed by atoms with van der Waals surface area (Å²) >= 11 is 6.98. The number of methoxy groups -OCH3 is 2. The van der Waals surface area contributed by atoms with Gasteiger partial charge in [0.1, 0.15) is 11.4 Å². The zero-order valence-electron chi connectivity index (χ0n) is 27.8. The quantitative estimate of drug-likeness (QED) is 0.0888. The molecule has 0 spiro atoms. The molecule has 0 fully saturated rings. The van der Waals surface area contributed by atoms with Crippen LogP contribution in [0, 0.1) is 6.92 Å². The van der Waals surface area contributed by atoms with Gasteiger partial charge in [-0.05, 0) is 67.2 Å². The molecule has 0 unspecified atom stereocenters. The van der Waals surface area contributed by atoms with E-state index >= 15 is 0 Å². The van der Waals surface area contributed by atoms with Gasteiger partial charge in [-0.1, -0.05) is 50.6 Å². The van der Waals surface area contributed by atoms with Crippen molar-refractivity contribution in [2.45, 2.75) is 71.9 Å². The maximum absolute atomic E-state index is 13.2. The molecular weight excluding hydrogens is 594 g/mol. The van der Waals surface area contributed by atoms with E-state index in [1.807, 2.05) is 66.7 Å². The maximum Gasteiger partial charge on any atom is 0.354 e. The monoisotopic (exact) mass is 639 g/mol. The van der Waals surface area contributed by atoms with E-state index in [4.69, 9.17) is 35.3 Å². The van der Waals surface area contributed by atoms with Gasteiger partial charge in [0.2, 0.25) is 0 Å². The van der Waals surface area contributed by atoms with Crippen LogP contribution < -0.4 is 4.74 Å². The molecule has 0 N–H and O–H groups in total. The summed E-state index contributed by atoms with van der Waals surface area (Å²) in [5.74, 6) is 0.424. The minimum Gasteiger partial charge on any atom is -0.497 e. The van der Waals surface area contributed by atoms with Crippen molar-refractivity contribution < 1.29 is 23.4 Å². The molecule has 2 heterocycles. The summed E-state index contributed by atoms with van der Waals surface area (Å²) in [5, 5.41) is 6.48. The Morgan fingerprint density at radius 1 is 1.00 bits per heavy atom. The largest absolute Gasteiger partial charge is 0.497 e. The highest BCUT2D eigenvalue weighted by Gasteiger charge is 2.37. The van der Waals surface area contributed by atoms with Crippen LogP contribution in [0.5, 0.6) is 5.75 Å². The molecule has 10 heteroatoms. The van der Waals surface area contributed by atoms with Crippen LogP contribution in [0.2, 0.25) is 23.2 Å². The van der Waals surface area contributed by atoms with E-state index in [0.29, 0.717) is 37.0 Å². The second-order valence-electron chi connectivity index (χ2n) is 12.8. The summed E-state index contributed by atoms with van der Waals surface area (Å²) in [7, 11) is 5.00. The van der Waals surface area contributed by atoms with Crippen LogP contribution in [0.25, 0.3) is 22.0 Å². The van der Waals surface area contributed by atoms with Crippen molar-refractivity contribution in [2.75, 3.05) is 20.8 Å². The average Bonchev–Trinajstić information content (AvgIpc) is 3.42. The molecule has 0 aliphatic heterocycles. The van der Waals surface area contributed by atoms with Crippen molar-refractivity contribution in [3.8, 4) is 16.9 Å². The van der Waals surface area contributed by atoms with Crippen LogP contribution in [0.3, 0.4) is 0 Å². The predicted molar refractivity (Wildman–Crippen MR) is 179 cm³/mol. The summed E-state index contributed by atoms with van der Waals surface area (Å²) in [5.41, 5.74) is 6.82. The Kier molecular flexibility index (Phi) is 10.3. The molecule has 0 aliphatic rings. The van der Waals surface area contributed by atoms with E-state index in [2.05, 4.69) is 33.9 Å². The van der Waals surface area contributed by atoms with E-state index < -0.39 is 8.32 Å². The van der Waals surface area contributed by atoms with Gasteiger partial charge in [-0.25, -0.2) is 4.79 Å². The van der Waals surface area contributed by atoms with Crippen molar-refractivity contribution in [3.63, 3.8) is 0 Å². The standard InChI is InChI=1S/C34H46ClN3O5Si/c1-22-29(28(36-38(22)6)21-42-20-23-13-15-24(40-7)16-14-23)30-27(35)18-17-26-25(32(33(39)41-8)37(5)31(26)30)12-11-19-43-44(9,10)34(2,3)4/h13-18H,11-12,19-21H2,1-10H3. The number of halogens is 1. The Labute approximate surface area is 267 Å². The Hall–Kier alpha value is -3.11. The predicted octanol–water partition coefficient (Wildman–Crippen LogP) is 8.01. The lowest BCUT2D eigenvalue weighted by Crippen LogP contribution is -2.41. The van der Waals surface area contributed by atoms with Gasteiger partial charge in [-0.2, -0.15) is 5.10 Å². The molecule has 0 amide bonds. The summed E-state index contributed by atoms with van der Waals surface area (Å²) in [6.45, 7) is 14.6. The molecule has 0 aliphatic carbocycles. The SMILES string of the molecule is COC(=O)c1c(CCCO[Si](C)(C)C(C)(C)C)c2ccc(Cl)c(-c3c(COCc4ccc(OC)cc4)nn(C)c3C)c2n1C. The van der Waals surface area contributed by atoms with Crippen molar-refractivity contribution in [1.82, 2.24) is 14.3 Å². The van der Waals surface area contributed by atoms with Crippen LogP contribution in [0.4, 0.5) is 0 Å². The van der Waals surface area contributed by atoms with Gasteiger partial charge >= 0.3 is 5.97 Å². The van der Waals surface area contributed by atoms with Gasteiger partial charge < -0.3 is 23.2 Å². The number of hydrogen-bond acceptors (Lipinski definition) is 6. The van der Waals surface area contributed by atoms with Gasteiger partial charge in [-0.3, -0.25) is 4.68 Å². The molecule has 0 saturated heterocycles. The van der Waals surface area contributed by atoms with Crippen molar-refractivity contribution in [3.05, 3.63) is 69.6 Å². The maximum atomic E-state index is 13.2. The van der Waals surface area contributed by atoms with Gasteiger partial charge in [0.05, 0.1) is 43.7 Å². The highest BCUT2D eigenvalue weighted by atomic mass is 35.5. The summed E-state index contributed by atoms with van der Waals surface area (Å²) in [6, 6.07) is 11.7. The van der Waals surface area contributed by atoms with Crippen LogP contribution in [-0.4, -0.2) is 49.5 Å². The summed E-state index contributed by atoms with van der Waals surface area (Å²) in [4.78, 5) is 13.2. The Morgan fingerprint density at radius 2 is 1.68 bits per heavy atom. The second kappa shape index (κ2) is 13.5. The molecule has 2 aromatic carbocycles. The van der Waals surface area contributed by atoms with E-state index in [1.165, 1.54) is 7.11 Å². The summed E-state index contributed by atoms with van der Waals surface area (Å²) < 4.78 is 26.9. The first-order chi connectivity index (χ1) is 20.7. The fourth-order valence-corrected chi connectivity index (χ4v) is 6.67. The number of benzene rings is 2. The van der Waals surface area contributed by atoms with Gasteiger partial charge in [-0.15, -0.1) is 0 Å². The Balaban J connectivity index is 1.72. The minimum absolute atomic E-state index is 0.132. The third-order valence-electron chi connectivity index (χ3n) is 8.95. The summed E-state index contributed by atoms with van der Waals surface area (Å²) in [6.07, 6.45) is 1.45. The van der Waals surface area contributed by atoms with E-state index in [0.717, 1.165) is 56.7 Å². The first-order valence-electron chi connectivity index (χ1n) is 15.0. The number of rotatable bonds is 12. The zero-order chi connectivity index (χ0) is 32.4. The Bertz CT molecular complexity index is 1630. The highest BCUT2D eigenvalue weighted by molar-refractivity contribution is 6.74. The normalized spacial score (nSPS) is 12.2. The highest BCUT2D eigenvalue weighted by Crippen LogP contribution is 2.42. The van der Waals surface area contributed by atoms with Crippen LogP contribution in [-0.2, 0) is 47.6 Å². The van der Waals surface area contributed by atoms with Crippen LogP contribution in [0.15, 0.2) is 36.4 Å². The molecule has 44 heavy (non-hydrogen) atoms. The van der Waals surface area contributed by atoms with Crippen LogP contribution >= 0.6 is 11.6 Å². The number of carbonyl (C=O) groups excluding carboxylic acids is 1. The first kappa shape index (κ1) is 33.8. The lowest BCUT2D eigenvalue weighted by molar-refractivity contribution is 0.0589. The third kappa shape index (κ3) is 6.76. The minimum atomic E-state index is -1.88. The number of aryl methyl sites for hydroxylation is 3.